The Morgan fingerprint density at radius 2 is 1.82 bits per heavy atom. The van der Waals surface area contributed by atoms with Crippen molar-refractivity contribution in [1.82, 2.24) is 4.57 Å². The summed E-state index contributed by atoms with van der Waals surface area (Å²) in [5, 5.41) is 26.2. The van der Waals surface area contributed by atoms with Gasteiger partial charge in [-0.2, -0.15) is 11.3 Å². The second-order valence-electron chi connectivity index (χ2n) is 6.44. The van der Waals surface area contributed by atoms with Gasteiger partial charge in [0.05, 0.1) is 16.4 Å². The second-order valence-corrected chi connectivity index (χ2v) is 7.60. The lowest BCUT2D eigenvalue weighted by molar-refractivity contribution is 0.477. The number of aryl methyl sites for hydroxylation is 1. The van der Waals surface area contributed by atoms with Crippen LogP contribution in [0.25, 0.3) is 22.3 Å². The van der Waals surface area contributed by atoms with Gasteiger partial charge < -0.3 is 14.8 Å². The van der Waals surface area contributed by atoms with E-state index in [0.717, 1.165) is 11.1 Å². The number of nitrogens with zero attached hydrogens (tertiary/aromatic N) is 2. The number of phenols is 2. The molecule has 0 radical (unpaired) electrons. The molecule has 0 fully saturated rings. The lowest BCUT2D eigenvalue weighted by Crippen LogP contribution is -2.25. The molecule has 0 aliphatic carbocycles. The first-order valence-electron chi connectivity index (χ1n) is 8.50. The van der Waals surface area contributed by atoms with Gasteiger partial charge in [0.1, 0.15) is 11.5 Å². The van der Waals surface area contributed by atoms with Crippen molar-refractivity contribution in [2.75, 3.05) is 5.01 Å². The molecule has 2 aromatic heterocycles. The van der Waals surface area contributed by atoms with Crippen molar-refractivity contribution in [3.8, 4) is 33.8 Å². The zero-order chi connectivity index (χ0) is 19.8. The molecule has 0 atom stereocenters. The predicted octanol–water partition coefficient (Wildman–Crippen LogP) is 5.50. The number of rotatable bonds is 4. The van der Waals surface area contributed by atoms with Crippen LogP contribution in [0, 0.1) is 0 Å². The van der Waals surface area contributed by atoms with E-state index in [1.807, 2.05) is 46.9 Å². The average Bonchev–Trinajstić information content (AvgIpc) is 3.34. The van der Waals surface area contributed by atoms with Gasteiger partial charge in [0, 0.05) is 36.1 Å². The maximum atomic E-state index is 10.3. The highest BCUT2D eigenvalue weighted by atomic mass is 35.5. The molecule has 0 saturated heterocycles. The Balaban J connectivity index is 1.79. The van der Waals surface area contributed by atoms with E-state index < -0.39 is 0 Å². The van der Waals surface area contributed by atoms with Crippen LogP contribution in [-0.2, 0) is 7.05 Å². The second kappa shape index (κ2) is 7.24. The molecule has 2 heterocycles. The average molecular weight is 412 g/mol. The molecule has 7 heteroatoms. The summed E-state index contributed by atoms with van der Waals surface area (Å²) in [4.78, 5) is 0. The number of aromatic hydroxyl groups is 2. The quantitative estimate of drug-likeness (QED) is 0.306. The molecule has 28 heavy (non-hydrogen) atoms. The van der Waals surface area contributed by atoms with Crippen LogP contribution in [-0.4, -0.2) is 14.8 Å². The van der Waals surface area contributed by atoms with Gasteiger partial charge in [-0.15, -0.1) is 0 Å². The van der Waals surface area contributed by atoms with Crippen LogP contribution in [0.15, 0.2) is 65.6 Å². The smallest absolute Gasteiger partial charge is 0.125 e. The van der Waals surface area contributed by atoms with Gasteiger partial charge in [-0.3, -0.25) is 5.01 Å². The molecule has 0 unspecified atom stereocenters. The van der Waals surface area contributed by atoms with Crippen molar-refractivity contribution in [3.05, 3.63) is 70.6 Å². The maximum Gasteiger partial charge on any atom is 0.125 e. The van der Waals surface area contributed by atoms with E-state index in [0.29, 0.717) is 27.5 Å². The molecule has 0 saturated carbocycles. The van der Waals surface area contributed by atoms with Crippen molar-refractivity contribution in [2.45, 2.75) is 0 Å². The molecule has 0 amide bonds. The van der Waals surface area contributed by atoms with E-state index in [4.69, 9.17) is 17.4 Å². The first kappa shape index (κ1) is 18.4. The summed E-state index contributed by atoms with van der Waals surface area (Å²) in [5.74, 6) is 6.63. The Labute approximate surface area is 171 Å². The third-order valence-electron chi connectivity index (χ3n) is 4.57. The molecule has 4 N–H and O–H groups in total. The highest BCUT2D eigenvalue weighted by molar-refractivity contribution is 7.08. The van der Waals surface area contributed by atoms with Gasteiger partial charge in [0.15, 0.2) is 0 Å². The molecule has 0 bridgehead atoms. The molecular formula is C21H18ClN3O2S. The predicted molar refractivity (Wildman–Crippen MR) is 115 cm³/mol. The van der Waals surface area contributed by atoms with E-state index in [-0.39, 0.29) is 11.5 Å². The molecule has 0 aliphatic heterocycles. The molecule has 0 spiro atoms. The highest BCUT2D eigenvalue weighted by Crippen LogP contribution is 2.44. The number of halogens is 1. The monoisotopic (exact) mass is 411 g/mol. The fourth-order valence-corrected chi connectivity index (χ4v) is 4.14. The summed E-state index contributed by atoms with van der Waals surface area (Å²) in [5.41, 5.74) is 4.12. The summed E-state index contributed by atoms with van der Waals surface area (Å²) < 4.78 is 1.91. The molecule has 4 rings (SSSR count). The zero-order valence-corrected chi connectivity index (χ0v) is 16.6. The van der Waals surface area contributed by atoms with Crippen molar-refractivity contribution in [3.63, 3.8) is 0 Å². The summed E-state index contributed by atoms with van der Waals surface area (Å²) >= 11 is 8.13. The summed E-state index contributed by atoms with van der Waals surface area (Å²) in [7, 11) is 1.92. The lowest BCUT2D eigenvalue weighted by Gasteiger charge is -2.22. The molecule has 5 nitrogen and oxygen atoms in total. The standard InChI is InChI=1S/C21H18ClN3O2S/c1-24-8-6-13(11-24)16-10-15(2-4-18(16)26)25(23)17-3-5-19(27)20(21(17)22)14-7-9-28-12-14/h2-12,26-27H,23H2,1H3. The van der Waals surface area contributed by atoms with Crippen molar-refractivity contribution in [1.29, 1.82) is 0 Å². The van der Waals surface area contributed by atoms with E-state index in [2.05, 4.69) is 0 Å². The Bertz CT molecular complexity index is 1140. The summed E-state index contributed by atoms with van der Waals surface area (Å²) in [6, 6.07) is 12.2. The van der Waals surface area contributed by atoms with Crippen LogP contribution >= 0.6 is 22.9 Å². The minimum absolute atomic E-state index is 0.0937. The number of phenolic OH excluding ortho intramolecular Hbond substituents is 2. The lowest BCUT2D eigenvalue weighted by atomic mass is 10.1. The largest absolute Gasteiger partial charge is 0.507 e. The van der Waals surface area contributed by atoms with Gasteiger partial charge >= 0.3 is 0 Å². The Morgan fingerprint density at radius 1 is 1.04 bits per heavy atom. The fourth-order valence-electron chi connectivity index (χ4n) is 3.13. The molecule has 4 aromatic rings. The van der Waals surface area contributed by atoms with Crippen molar-refractivity contribution in [2.24, 2.45) is 12.9 Å². The summed E-state index contributed by atoms with van der Waals surface area (Å²) in [6.45, 7) is 0. The number of hydrogen-bond acceptors (Lipinski definition) is 5. The van der Waals surface area contributed by atoms with Crippen LogP contribution in [0.1, 0.15) is 0 Å². The van der Waals surface area contributed by atoms with Crippen LogP contribution in [0.3, 0.4) is 0 Å². The number of nitrogens with two attached hydrogens (primary N) is 1. The van der Waals surface area contributed by atoms with Gasteiger partial charge in [-0.1, -0.05) is 11.6 Å². The Kier molecular flexibility index (Phi) is 4.77. The first-order chi connectivity index (χ1) is 13.5. The third kappa shape index (κ3) is 3.22. The number of aromatic nitrogens is 1. The Hall–Kier alpha value is -2.93. The summed E-state index contributed by atoms with van der Waals surface area (Å²) in [6.07, 6.45) is 3.83. The number of thiophene rings is 1. The third-order valence-corrected chi connectivity index (χ3v) is 5.64. The van der Waals surface area contributed by atoms with Gasteiger partial charge in [0.2, 0.25) is 0 Å². The van der Waals surface area contributed by atoms with E-state index in [1.165, 1.54) is 16.3 Å². The maximum absolute atomic E-state index is 10.3. The first-order valence-corrected chi connectivity index (χ1v) is 9.82. The van der Waals surface area contributed by atoms with Gasteiger partial charge in [0.25, 0.3) is 0 Å². The highest BCUT2D eigenvalue weighted by Gasteiger charge is 2.18. The van der Waals surface area contributed by atoms with Crippen LogP contribution in [0.4, 0.5) is 11.4 Å². The molecular weight excluding hydrogens is 394 g/mol. The number of benzene rings is 2. The van der Waals surface area contributed by atoms with Crippen molar-refractivity contribution < 1.29 is 10.2 Å². The minimum Gasteiger partial charge on any atom is -0.507 e. The van der Waals surface area contributed by atoms with Crippen LogP contribution in [0.2, 0.25) is 5.02 Å². The molecule has 0 aliphatic rings. The molecule has 2 aromatic carbocycles. The topological polar surface area (TPSA) is 74.7 Å². The Morgan fingerprint density at radius 3 is 2.50 bits per heavy atom. The van der Waals surface area contributed by atoms with Gasteiger partial charge in [-0.05, 0) is 58.8 Å². The van der Waals surface area contributed by atoms with Crippen LogP contribution < -0.4 is 10.9 Å². The van der Waals surface area contributed by atoms with Gasteiger partial charge in [-0.25, -0.2) is 5.84 Å². The van der Waals surface area contributed by atoms with Crippen molar-refractivity contribution >= 4 is 34.3 Å². The molecule has 142 valence electrons. The number of hydrazine groups is 1. The minimum atomic E-state index is 0.0937. The zero-order valence-electron chi connectivity index (χ0n) is 15.0. The van der Waals surface area contributed by atoms with E-state index >= 15 is 0 Å². The SMILES string of the molecule is Cn1ccc(-c2cc(N(N)c3ccc(O)c(-c4ccsc4)c3Cl)ccc2O)c1. The number of anilines is 2. The van der Waals surface area contributed by atoms with Crippen LogP contribution in [0.5, 0.6) is 11.5 Å². The van der Waals surface area contributed by atoms with E-state index in [9.17, 15) is 10.2 Å². The fraction of sp³-hybridized carbons (Fsp3) is 0.0476. The normalized spacial score (nSPS) is 11.0. The van der Waals surface area contributed by atoms with E-state index in [1.54, 1.807) is 30.3 Å². The number of hydrogen-bond donors (Lipinski definition) is 3.